The molecule has 0 atom stereocenters. The highest BCUT2D eigenvalue weighted by Crippen LogP contribution is 2.17. The molecule has 4 nitrogen and oxygen atoms in total. The first kappa shape index (κ1) is 8.59. The molecule has 0 spiro atoms. The van der Waals surface area contributed by atoms with E-state index in [9.17, 15) is 0 Å². The highest BCUT2D eigenvalue weighted by Gasteiger charge is 1.96. The fourth-order valence-electron chi connectivity index (χ4n) is 0.942. The van der Waals surface area contributed by atoms with E-state index in [4.69, 9.17) is 10.6 Å². The van der Waals surface area contributed by atoms with Crippen LogP contribution < -0.4 is 0 Å². The van der Waals surface area contributed by atoms with Gasteiger partial charge >= 0.3 is 0 Å². The molecule has 0 saturated heterocycles. The first-order valence-corrected chi connectivity index (χ1v) is 3.53. The van der Waals surface area contributed by atoms with Gasteiger partial charge in [0.05, 0.1) is 6.61 Å². The quantitative estimate of drug-likeness (QED) is 0.406. The molecule has 0 aliphatic rings. The van der Waals surface area contributed by atoms with E-state index in [0.29, 0.717) is 5.69 Å². The molecule has 0 aliphatic carbocycles. The SMILES string of the molecule is Cc1ccc(N=[N+]=[N-])cc1CO. The summed E-state index contributed by atoms with van der Waals surface area (Å²) in [7, 11) is 0. The Morgan fingerprint density at radius 3 is 2.92 bits per heavy atom. The lowest BCUT2D eigenvalue weighted by atomic mass is 10.1. The molecule has 0 fully saturated rings. The fraction of sp³-hybridized carbons (Fsp3) is 0.250. The van der Waals surface area contributed by atoms with Crippen LogP contribution in [0, 0.1) is 6.92 Å². The second kappa shape index (κ2) is 3.76. The van der Waals surface area contributed by atoms with Crippen molar-refractivity contribution in [2.24, 2.45) is 5.11 Å². The molecule has 1 aromatic carbocycles. The van der Waals surface area contributed by atoms with E-state index < -0.39 is 0 Å². The lowest BCUT2D eigenvalue weighted by Crippen LogP contribution is -1.86. The van der Waals surface area contributed by atoms with Crippen LogP contribution in [0.3, 0.4) is 0 Å². The van der Waals surface area contributed by atoms with Crippen molar-refractivity contribution in [3.63, 3.8) is 0 Å². The van der Waals surface area contributed by atoms with Gasteiger partial charge in [0.2, 0.25) is 0 Å². The molecule has 1 aromatic rings. The first-order chi connectivity index (χ1) is 5.77. The molecular formula is C8H9N3O. The van der Waals surface area contributed by atoms with Crippen molar-refractivity contribution in [1.29, 1.82) is 0 Å². The monoisotopic (exact) mass is 163 g/mol. The van der Waals surface area contributed by atoms with Gasteiger partial charge in [0.15, 0.2) is 0 Å². The second-order valence-corrected chi connectivity index (χ2v) is 2.46. The molecule has 12 heavy (non-hydrogen) atoms. The molecule has 0 aliphatic heterocycles. The number of rotatable bonds is 2. The van der Waals surface area contributed by atoms with Crippen LogP contribution >= 0.6 is 0 Å². The number of hydrogen-bond acceptors (Lipinski definition) is 2. The third-order valence-electron chi connectivity index (χ3n) is 1.66. The Hall–Kier alpha value is -1.51. The number of hydrogen-bond donors (Lipinski definition) is 1. The van der Waals surface area contributed by atoms with Gasteiger partial charge in [0, 0.05) is 10.6 Å². The van der Waals surface area contributed by atoms with E-state index in [0.717, 1.165) is 11.1 Å². The van der Waals surface area contributed by atoms with E-state index in [2.05, 4.69) is 10.0 Å². The summed E-state index contributed by atoms with van der Waals surface area (Å²) in [5.74, 6) is 0. The number of aliphatic hydroxyl groups excluding tert-OH is 1. The maximum absolute atomic E-state index is 8.88. The number of nitrogens with zero attached hydrogens (tertiary/aromatic N) is 3. The molecule has 0 unspecified atom stereocenters. The van der Waals surface area contributed by atoms with E-state index in [1.807, 2.05) is 13.0 Å². The summed E-state index contributed by atoms with van der Waals surface area (Å²) in [6.07, 6.45) is 0. The zero-order valence-electron chi connectivity index (χ0n) is 6.73. The van der Waals surface area contributed by atoms with Crippen LogP contribution in [0.1, 0.15) is 11.1 Å². The number of aryl methyl sites for hydroxylation is 1. The van der Waals surface area contributed by atoms with Gasteiger partial charge in [0.1, 0.15) is 0 Å². The number of benzene rings is 1. The lowest BCUT2D eigenvalue weighted by molar-refractivity contribution is 0.281. The summed E-state index contributed by atoms with van der Waals surface area (Å²) in [5, 5.41) is 12.3. The van der Waals surface area contributed by atoms with Gasteiger partial charge in [-0.1, -0.05) is 17.2 Å². The fourth-order valence-corrected chi connectivity index (χ4v) is 0.942. The van der Waals surface area contributed by atoms with Crippen molar-refractivity contribution in [2.45, 2.75) is 13.5 Å². The van der Waals surface area contributed by atoms with Crippen LogP contribution in [0.2, 0.25) is 0 Å². The van der Waals surface area contributed by atoms with Gasteiger partial charge in [-0.2, -0.15) is 0 Å². The molecule has 0 heterocycles. The van der Waals surface area contributed by atoms with E-state index in [1.165, 1.54) is 0 Å². The summed E-state index contributed by atoms with van der Waals surface area (Å²) in [5.41, 5.74) is 10.5. The van der Waals surface area contributed by atoms with E-state index >= 15 is 0 Å². The average Bonchev–Trinajstić information content (AvgIpc) is 2.09. The van der Waals surface area contributed by atoms with Gasteiger partial charge in [-0.05, 0) is 29.6 Å². The Balaban J connectivity index is 3.13. The number of azide groups is 1. The van der Waals surface area contributed by atoms with Crippen molar-refractivity contribution >= 4 is 5.69 Å². The average molecular weight is 163 g/mol. The van der Waals surface area contributed by atoms with Crippen molar-refractivity contribution in [3.05, 3.63) is 39.8 Å². The Kier molecular flexibility index (Phi) is 2.69. The van der Waals surface area contributed by atoms with Gasteiger partial charge in [-0.3, -0.25) is 0 Å². The Morgan fingerprint density at radius 2 is 2.33 bits per heavy atom. The van der Waals surface area contributed by atoms with Crippen molar-refractivity contribution < 1.29 is 5.11 Å². The van der Waals surface area contributed by atoms with Gasteiger partial charge in [-0.15, -0.1) is 0 Å². The summed E-state index contributed by atoms with van der Waals surface area (Å²) in [4.78, 5) is 2.65. The van der Waals surface area contributed by atoms with Gasteiger partial charge in [0.25, 0.3) is 0 Å². The minimum atomic E-state index is -0.0272. The third kappa shape index (κ3) is 1.75. The maximum atomic E-state index is 8.88. The minimum absolute atomic E-state index is 0.0272. The molecular weight excluding hydrogens is 154 g/mol. The zero-order chi connectivity index (χ0) is 8.97. The molecule has 62 valence electrons. The maximum Gasteiger partial charge on any atom is 0.0684 e. The smallest absolute Gasteiger partial charge is 0.0684 e. The van der Waals surface area contributed by atoms with Crippen molar-refractivity contribution in [2.75, 3.05) is 0 Å². The van der Waals surface area contributed by atoms with Crippen LogP contribution in [0.15, 0.2) is 23.3 Å². The molecule has 1 N–H and O–H groups in total. The van der Waals surface area contributed by atoms with Crippen LogP contribution in [0.25, 0.3) is 10.4 Å². The molecule has 0 bridgehead atoms. The highest BCUT2D eigenvalue weighted by molar-refractivity contribution is 5.43. The van der Waals surface area contributed by atoms with Gasteiger partial charge in [-0.25, -0.2) is 0 Å². The van der Waals surface area contributed by atoms with Crippen LogP contribution in [0.4, 0.5) is 5.69 Å². The molecule has 0 aromatic heterocycles. The van der Waals surface area contributed by atoms with Crippen molar-refractivity contribution in [3.8, 4) is 0 Å². The predicted octanol–water partition coefficient (Wildman–Crippen LogP) is 2.43. The van der Waals surface area contributed by atoms with Crippen molar-refractivity contribution in [1.82, 2.24) is 0 Å². The van der Waals surface area contributed by atoms with Crippen LogP contribution in [-0.4, -0.2) is 5.11 Å². The molecule has 1 rings (SSSR count). The first-order valence-electron chi connectivity index (χ1n) is 3.53. The molecule has 4 heteroatoms. The number of aliphatic hydroxyl groups is 1. The van der Waals surface area contributed by atoms with E-state index in [1.54, 1.807) is 12.1 Å². The summed E-state index contributed by atoms with van der Waals surface area (Å²) in [6, 6.07) is 5.21. The predicted molar refractivity (Wildman–Crippen MR) is 45.9 cm³/mol. The van der Waals surface area contributed by atoms with Crippen LogP contribution in [0.5, 0.6) is 0 Å². The Bertz CT molecular complexity index is 329. The topological polar surface area (TPSA) is 69.0 Å². The summed E-state index contributed by atoms with van der Waals surface area (Å²) < 4.78 is 0. The second-order valence-electron chi connectivity index (χ2n) is 2.46. The molecule has 0 saturated carbocycles. The largest absolute Gasteiger partial charge is 0.392 e. The standard InChI is InChI=1S/C8H9N3O/c1-6-2-3-8(10-11-9)4-7(6)5-12/h2-4,12H,5H2,1H3. The summed E-state index contributed by atoms with van der Waals surface area (Å²) in [6.45, 7) is 1.87. The Labute approximate surface area is 70.1 Å². The minimum Gasteiger partial charge on any atom is -0.392 e. The zero-order valence-corrected chi connectivity index (χ0v) is 6.73. The normalized spacial score (nSPS) is 9.17. The Morgan fingerprint density at radius 1 is 1.58 bits per heavy atom. The van der Waals surface area contributed by atoms with Crippen LogP contribution in [-0.2, 0) is 6.61 Å². The molecule has 0 radical (unpaired) electrons. The van der Waals surface area contributed by atoms with E-state index in [-0.39, 0.29) is 6.61 Å². The molecule has 0 amide bonds. The van der Waals surface area contributed by atoms with Gasteiger partial charge < -0.3 is 5.11 Å². The summed E-state index contributed by atoms with van der Waals surface area (Å²) >= 11 is 0. The lowest BCUT2D eigenvalue weighted by Gasteiger charge is -2.01. The third-order valence-corrected chi connectivity index (χ3v) is 1.66. The highest BCUT2D eigenvalue weighted by atomic mass is 16.3.